The van der Waals surface area contributed by atoms with Gasteiger partial charge in [0.1, 0.15) is 0 Å². The number of hydrogen-bond acceptors (Lipinski definition) is 5. The lowest BCUT2D eigenvalue weighted by molar-refractivity contribution is -0.384. The third kappa shape index (κ3) is 3.49. The summed E-state index contributed by atoms with van der Waals surface area (Å²) in [6, 6.07) is 8.96. The van der Waals surface area contributed by atoms with Crippen LogP contribution in [0.2, 0.25) is 0 Å². The molecule has 1 aromatic heterocycles. The van der Waals surface area contributed by atoms with Gasteiger partial charge in [-0.25, -0.2) is 0 Å². The van der Waals surface area contributed by atoms with E-state index in [1.165, 1.54) is 0 Å². The first kappa shape index (κ1) is 17.5. The van der Waals surface area contributed by atoms with Crippen LogP contribution >= 0.6 is 0 Å². The largest absolute Gasteiger partial charge is 0.368 e. The second-order valence-electron chi connectivity index (χ2n) is 7.22. The van der Waals surface area contributed by atoms with Crippen LogP contribution in [0.1, 0.15) is 30.4 Å². The summed E-state index contributed by atoms with van der Waals surface area (Å²) in [7, 11) is 0. The van der Waals surface area contributed by atoms with E-state index < -0.39 is 0 Å². The zero-order chi connectivity index (χ0) is 18.8. The fraction of sp³-hybridized carbons (Fsp3) is 0.400. The number of non-ortho nitro benzene ring substituents is 1. The van der Waals surface area contributed by atoms with Crippen LogP contribution in [0.5, 0.6) is 0 Å². The van der Waals surface area contributed by atoms with Crippen LogP contribution < -0.4 is 10.2 Å². The van der Waals surface area contributed by atoms with Gasteiger partial charge in [0, 0.05) is 49.3 Å². The number of nitrogens with zero attached hydrogens (tertiary/aromatic N) is 3. The molecule has 1 N–H and O–H groups in total. The first-order chi connectivity index (χ1) is 13.1. The Balaban J connectivity index is 1.57. The van der Waals surface area contributed by atoms with Crippen molar-refractivity contribution in [2.24, 2.45) is 5.92 Å². The Bertz CT molecular complexity index is 856. The highest BCUT2D eigenvalue weighted by Crippen LogP contribution is 2.39. The third-order valence-electron chi connectivity index (χ3n) is 5.56. The minimum Gasteiger partial charge on any atom is -0.368 e. The molecular weight excluding hydrogens is 344 g/mol. The van der Waals surface area contributed by atoms with E-state index in [0.717, 1.165) is 42.6 Å². The molecule has 7 heteroatoms. The Kier molecular flexibility index (Phi) is 4.75. The van der Waals surface area contributed by atoms with Crippen molar-refractivity contribution >= 4 is 17.3 Å². The molecule has 7 nitrogen and oxygen atoms in total. The maximum Gasteiger partial charge on any atom is 0.269 e. The van der Waals surface area contributed by atoms with E-state index in [2.05, 4.69) is 15.2 Å². The molecule has 4 rings (SSSR count). The Labute approximate surface area is 157 Å². The summed E-state index contributed by atoms with van der Waals surface area (Å²) in [5.41, 5.74) is 2.97. The zero-order valence-corrected chi connectivity index (χ0v) is 15.0. The minimum atomic E-state index is -0.375. The number of amides is 1. The number of carbonyl (C=O) groups is 1. The number of benzene rings is 1. The van der Waals surface area contributed by atoms with Gasteiger partial charge in [0.15, 0.2) is 0 Å². The molecule has 1 saturated heterocycles. The standard InChI is InChI=1S/C20H22N4O3/c25-20(22-13-14-4-3-8-21-12-14)17-11-15-10-16(24(26)27)6-7-18(15)23-9-2-1-5-19(17)23/h3-4,6-8,10,12,17,19H,1-2,5,9,11,13H2,(H,22,25)/t17-,19-/m0/s1. The molecule has 140 valence electrons. The maximum atomic E-state index is 13.0. The van der Waals surface area contributed by atoms with Gasteiger partial charge in [0.25, 0.3) is 5.69 Å². The highest BCUT2D eigenvalue weighted by atomic mass is 16.6. The Morgan fingerprint density at radius 2 is 2.22 bits per heavy atom. The van der Waals surface area contributed by atoms with Gasteiger partial charge in [-0.1, -0.05) is 6.07 Å². The van der Waals surface area contributed by atoms with Crippen LogP contribution in [0, 0.1) is 16.0 Å². The van der Waals surface area contributed by atoms with Crippen molar-refractivity contribution in [1.82, 2.24) is 10.3 Å². The minimum absolute atomic E-state index is 0.00732. The monoisotopic (exact) mass is 366 g/mol. The van der Waals surface area contributed by atoms with Crippen molar-refractivity contribution in [2.45, 2.75) is 38.3 Å². The third-order valence-corrected chi connectivity index (χ3v) is 5.56. The summed E-state index contributed by atoms with van der Waals surface area (Å²) in [6.07, 6.45) is 7.15. The number of nitrogens with one attached hydrogen (secondary N) is 1. The predicted octanol–water partition coefficient (Wildman–Crippen LogP) is 2.84. The summed E-state index contributed by atoms with van der Waals surface area (Å²) in [5, 5.41) is 14.2. The number of carbonyl (C=O) groups excluding carboxylic acids is 1. The van der Waals surface area contributed by atoms with Crippen LogP contribution in [-0.4, -0.2) is 28.4 Å². The quantitative estimate of drug-likeness (QED) is 0.664. The number of hydrogen-bond donors (Lipinski definition) is 1. The summed E-state index contributed by atoms with van der Waals surface area (Å²) in [4.78, 5) is 30.1. The zero-order valence-electron chi connectivity index (χ0n) is 15.0. The number of nitro benzene ring substituents is 1. The van der Waals surface area contributed by atoms with Crippen molar-refractivity contribution in [3.63, 3.8) is 0 Å². The van der Waals surface area contributed by atoms with E-state index in [1.54, 1.807) is 24.5 Å². The number of anilines is 1. The average molecular weight is 366 g/mol. The lowest BCUT2D eigenvalue weighted by Gasteiger charge is -2.45. The molecule has 2 aliphatic heterocycles. The van der Waals surface area contributed by atoms with Crippen molar-refractivity contribution in [2.75, 3.05) is 11.4 Å². The average Bonchev–Trinajstić information content (AvgIpc) is 2.71. The Morgan fingerprint density at radius 3 is 3.00 bits per heavy atom. The van der Waals surface area contributed by atoms with Crippen LogP contribution in [0.4, 0.5) is 11.4 Å². The highest BCUT2D eigenvalue weighted by molar-refractivity contribution is 5.82. The van der Waals surface area contributed by atoms with E-state index >= 15 is 0 Å². The van der Waals surface area contributed by atoms with Gasteiger partial charge >= 0.3 is 0 Å². The molecule has 0 bridgehead atoms. The normalized spacial score (nSPS) is 21.1. The fourth-order valence-corrected chi connectivity index (χ4v) is 4.27. The van der Waals surface area contributed by atoms with Gasteiger partial charge < -0.3 is 10.2 Å². The van der Waals surface area contributed by atoms with Crippen LogP contribution in [0.25, 0.3) is 0 Å². The van der Waals surface area contributed by atoms with Gasteiger partial charge in [-0.3, -0.25) is 19.9 Å². The van der Waals surface area contributed by atoms with Gasteiger partial charge in [-0.05, 0) is 48.9 Å². The first-order valence-corrected chi connectivity index (χ1v) is 9.34. The van der Waals surface area contributed by atoms with Gasteiger partial charge in [-0.15, -0.1) is 0 Å². The van der Waals surface area contributed by atoms with E-state index in [-0.39, 0.29) is 28.5 Å². The SMILES string of the molecule is O=C(NCc1cccnc1)[C@H]1Cc2cc([N+](=O)[O-])ccc2N2CCCC[C@@H]12. The molecule has 1 fully saturated rings. The van der Waals surface area contributed by atoms with Crippen molar-refractivity contribution in [1.29, 1.82) is 0 Å². The van der Waals surface area contributed by atoms with Gasteiger partial charge in [0.2, 0.25) is 5.91 Å². The summed E-state index contributed by atoms with van der Waals surface area (Å²) >= 11 is 0. The molecule has 0 aliphatic carbocycles. The highest BCUT2D eigenvalue weighted by Gasteiger charge is 2.39. The molecule has 1 amide bonds. The number of rotatable bonds is 4. The lowest BCUT2D eigenvalue weighted by atomic mass is 9.80. The lowest BCUT2D eigenvalue weighted by Crippen LogP contribution is -2.53. The molecule has 1 aromatic carbocycles. The fourth-order valence-electron chi connectivity index (χ4n) is 4.27. The second-order valence-corrected chi connectivity index (χ2v) is 7.22. The Morgan fingerprint density at radius 1 is 1.33 bits per heavy atom. The van der Waals surface area contributed by atoms with Crippen LogP contribution in [-0.2, 0) is 17.8 Å². The predicted molar refractivity (Wildman–Crippen MR) is 101 cm³/mol. The molecule has 3 heterocycles. The number of aromatic nitrogens is 1. The summed E-state index contributed by atoms with van der Waals surface area (Å²) < 4.78 is 0. The summed E-state index contributed by atoms with van der Waals surface area (Å²) in [6.45, 7) is 1.33. The van der Waals surface area contributed by atoms with E-state index in [1.807, 2.05) is 18.2 Å². The molecule has 27 heavy (non-hydrogen) atoms. The molecule has 0 saturated carbocycles. The number of pyridine rings is 1. The number of fused-ring (bicyclic) bond motifs is 3. The molecule has 0 spiro atoms. The van der Waals surface area contributed by atoms with E-state index in [0.29, 0.717) is 13.0 Å². The molecule has 0 unspecified atom stereocenters. The molecule has 2 atom stereocenters. The molecular formula is C20H22N4O3. The van der Waals surface area contributed by atoms with E-state index in [4.69, 9.17) is 0 Å². The number of piperidine rings is 1. The summed E-state index contributed by atoms with van der Waals surface area (Å²) in [5.74, 6) is -0.190. The van der Waals surface area contributed by atoms with Gasteiger partial charge in [-0.2, -0.15) is 0 Å². The van der Waals surface area contributed by atoms with Gasteiger partial charge in [0.05, 0.1) is 10.8 Å². The topological polar surface area (TPSA) is 88.4 Å². The molecule has 2 aliphatic rings. The van der Waals surface area contributed by atoms with Crippen molar-refractivity contribution in [3.8, 4) is 0 Å². The Hall–Kier alpha value is -2.96. The maximum absolute atomic E-state index is 13.0. The molecule has 2 aromatic rings. The van der Waals surface area contributed by atoms with E-state index in [9.17, 15) is 14.9 Å². The number of nitro groups is 1. The first-order valence-electron chi connectivity index (χ1n) is 9.34. The van der Waals surface area contributed by atoms with Crippen LogP contribution in [0.3, 0.4) is 0 Å². The molecule has 0 radical (unpaired) electrons. The smallest absolute Gasteiger partial charge is 0.269 e. The van der Waals surface area contributed by atoms with Crippen LogP contribution in [0.15, 0.2) is 42.7 Å². The van der Waals surface area contributed by atoms with Crippen molar-refractivity contribution < 1.29 is 9.72 Å². The van der Waals surface area contributed by atoms with Crippen molar-refractivity contribution in [3.05, 3.63) is 64.0 Å². The second kappa shape index (κ2) is 7.34.